The van der Waals surface area contributed by atoms with E-state index in [-0.39, 0.29) is 17.5 Å². The SMILES string of the molecule is CC(C)(C)c1ccc2c(c1)B1c3cc4c(cc3N(c3ccc(C(C)(C)C)cc3-c3cccc(Sc5ccccc5)c3)c3cc(-n5c6ccccc6c6ccccc65)cc(c31)S2)Cc1ccccc1-4. The molecule has 5 heteroatoms. The molecule has 0 saturated heterocycles. The Kier molecular flexibility index (Phi) is 9.43. The molecule has 13 rings (SSSR count). The van der Waals surface area contributed by atoms with Crippen LogP contribution in [0.4, 0.5) is 17.1 Å². The van der Waals surface area contributed by atoms with Gasteiger partial charge in [-0.1, -0.05) is 186 Å². The zero-order valence-corrected chi connectivity index (χ0v) is 41.0. The third-order valence-electron chi connectivity index (χ3n) is 14.6. The molecule has 0 N–H and O–H groups in total. The summed E-state index contributed by atoms with van der Waals surface area (Å²) in [5.74, 6) is 0. The molecule has 0 radical (unpaired) electrons. The van der Waals surface area contributed by atoms with Crippen molar-refractivity contribution in [3.8, 4) is 27.9 Å². The molecule has 10 aromatic rings. The van der Waals surface area contributed by atoms with Crippen LogP contribution in [0.3, 0.4) is 0 Å². The van der Waals surface area contributed by atoms with Gasteiger partial charge in [0.15, 0.2) is 0 Å². The minimum atomic E-state index is -0.0537. The second-order valence-corrected chi connectivity index (χ2v) is 23.2. The van der Waals surface area contributed by atoms with Crippen molar-refractivity contribution in [1.82, 2.24) is 4.57 Å². The van der Waals surface area contributed by atoms with Gasteiger partial charge in [0.1, 0.15) is 0 Å². The Hall–Kier alpha value is -6.66. The van der Waals surface area contributed by atoms with Crippen molar-refractivity contribution in [2.75, 3.05) is 4.90 Å². The number of hydrogen-bond acceptors (Lipinski definition) is 3. The summed E-state index contributed by atoms with van der Waals surface area (Å²) in [5, 5.41) is 2.54. The van der Waals surface area contributed by atoms with Gasteiger partial charge < -0.3 is 9.47 Å². The van der Waals surface area contributed by atoms with Crippen molar-refractivity contribution >= 4 is 85.5 Å². The van der Waals surface area contributed by atoms with Crippen molar-refractivity contribution in [2.24, 2.45) is 0 Å². The van der Waals surface area contributed by atoms with Gasteiger partial charge in [0.2, 0.25) is 6.71 Å². The Bertz CT molecular complexity index is 3650. The molecule has 3 heterocycles. The van der Waals surface area contributed by atoms with E-state index in [1.807, 2.05) is 23.5 Å². The van der Waals surface area contributed by atoms with Crippen molar-refractivity contribution < 1.29 is 0 Å². The summed E-state index contributed by atoms with van der Waals surface area (Å²) in [7, 11) is 0. The Morgan fingerprint density at radius 2 is 1.15 bits per heavy atom. The first-order valence-electron chi connectivity index (χ1n) is 24.0. The molecule has 9 aromatic carbocycles. The maximum atomic E-state index is 2.67. The summed E-state index contributed by atoms with van der Waals surface area (Å²) in [6, 6.07) is 71.7. The van der Waals surface area contributed by atoms with Gasteiger partial charge in [0, 0.05) is 53.0 Å². The second-order valence-electron chi connectivity index (χ2n) is 20.9. The summed E-state index contributed by atoms with van der Waals surface area (Å²) >= 11 is 3.77. The highest BCUT2D eigenvalue weighted by molar-refractivity contribution is 8.00. The summed E-state index contributed by atoms with van der Waals surface area (Å²) in [5.41, 5.74) is 22.1. The maximum Gasteiger partial charge on any atom is 0.249 e. The number of fused-ring (bicyclic) bond motifs is 10. The summed E-state index contributed by atoms with van der Waals surface area (Å²) in [6.45, 7) is 14.1. The lowest BCUT2D eigenvalue weighted by Gasteiger charge is -2.42. The molecule has 3 aliphatic rings. The van der Waals surface area contributed by atoms with Gasteiger partial charge in [0.25, 0.3) is 0 Å². The van der Waals surface area contributed by atoms with Gasteiger partial charge in [0.05, 0.1) is 16.7 Å². The minimum absolute atomic E-state index is 0.000634. The molecule has 0 bridgehead atoms. The predicted octanol–water partition coefficient (Wildman–Crippen LogP) is 15.5. The average molecular weight is 911 g/mol. The summed E-state index contributed by atoms with van der Waals surface area (Å²) in [4.78, 5) is 7.78. The van der Waals surface area contributed by atoms with Crippen LogP contribution in [0.1, 0.15) is 63.8 Å². The first-order chi connectivity index (χ1) is 33.0. The van der Waals surface area contributed by atoms with Crippen LogP contribution in [0.15, 0.2) is 208 Å². The third-order valence-corrected chi connectivity index (χ3v) is 16.7. The van der Waals surface area contributed by atoms with Crippen LogP contribution in [0.25, 0.3) is 49.7 Å². The Morgan fingerprint density at radius 1 is 0.471 bits per heavy atom. The molecule has 1 aromatic heterocycles. The number of anilines is 3. The van der Waals surface area contributed by atoms with E-state index in [2.05, 4.69) is 239 Å². The van der Waals surface area contributed by atoms with Gasteiger partial charge in [-0.2, -0.15) is 0 Å². The number of benzene rings is 9. The van der Waals surface area contributed by atoms with E-state index in [9.17, 15) is 0 Å². The molecule has 2 aliphatic heterocycles. The molecule has 68 heavy (non-hydrogen) atoms. The van der Waals surface area contributed by atoms with Crippen molar-refractivity contribution in [1.29, 1.82) is 0 Å². The highest BCUT2D eigenvalue weighted by atomic mass is 32.2. The van der Waals surface area contributed by atoms with E-state index in [1.54, 1.807) is 0 Å². The van der Waals surface area contributed by atoms with Gasteiger partial charge in [-0.25, -0.2) is 0 Å². The zero-order chi connectivity index (χ0) is 46.1. The molecule has 0 unspecified atom stereocenters. The Morgan fingerprint density at radius 3 is 1.91 bits per heavy atom. The fourth-order valence-electron chi connectivity index (χ4n) is 11.2. The van der Waals surface area contributed by atoms with Gasteiger partial charge in [-0.15, -0.1) is 0 Å². The first-order valence-corrected chi connectivity index (χ1v) is 25.6. The van der Waals surface area contributed by atoms with Crippen LogP contribution in [-0.2, 0) is 17.3 Å². The second kappa shape index (κ2) is 15.4. The van der Waals surface area contributed by atoms with E-state index in [4.69, 9.17) is 0 Å². The number of hydrogen-bond donors (Lipinski definition) is 0. The Balaban J connectivity index is 1.13. The highest BCUT2D eigenvalue weighted by Gasteiger charge is 2.43. The van der Waals surface area contributed by atoms with E-state index in [1.165, 1.54) is 125 Å². The normalized spacial score (nSPS) is 13.6. The van der Waals surface area contributed by atoms with Crippen LogP contribution in [0, 0.1) is 0 Å². The summed E-state index contributed by atoms with van der Waals surface area (Å²) < 4.78 is 2.51. The van der Waals surface area contributed by atoms with Crippen LogP contribution < -0.4 is 21.3 Å². The van der Waals surface area contributed by atoms with Crippen LogP contribution in [0.5, 0.6) is 0 Å². The lowest BCUT2D eigenvalue weighted by Crippen LogP contribution is -2.60. The van der Waals surface area contributed by atoms with Crippen molar-refractivity contribution in [3.05, 3.63) is 210 Å². The molecule has 0 saturated carbocycles. The molecular formula is C63H51BN2S2. The van der Waals surface area contributed by atoms with Gasteiger partial charge in [-0.3, -0.25) is 0 Å². The van der Waals surface area contributed by atoms with E-state index in [0.717, 1.165) is 6.42 Å². The van der Waals surface area contributed by atoms with Gasteiger partial charge >= 0.3 is 0 Å². The molecule has 0 fully saturated rings. The number of para-hydroxylation sites is 2. The van der Waals surface area contributed by atoms with Crippen molar-refractivity contribution in [3.63, 3.8) is 0 Å². The van der Waals surface area contributed by atoms with Gasteiger partial charge in [-0.05, 0) is 140 Å². The van der Waals surface area contributed by atoms with Crippen molar-refractivity contribution in [2.45, 2.75) is 78.4 Å². The van der Waals surface area contributed by atoms with E-state index < -0.39 is 0 Å². The molecule has 0 amide bonds. The number of nitrogens with zero attached hydrogens (tertiary/aromatic N) is 2. The maximum absolute atomic E-state index is 2.67. The topological polar surface area (TPSA) is 8.17 Å². The summed E-state index contributed by atoms with van der Waals surface area (Å²) in [6.07, 6.45) is 0.923. The smallest absolute Gasteiger partial charge is 0.249 e. The number of aromatic nitrogens is 1. The van der Waals surface area contributed by atoms with E-state index in [0.29, 0.717) is 0 Å². The zero-order valence-electron chi connectivity index (χ0n) is 39.4. The standard InChI is InChI=1S/C63H51BN2S2/c1-62(2,3)42-27-29-56(51(34-42)40-18-16-21-46(32-40)67-45-19-8-7-9-20-45)66-57-33-41-31-39-17-10-11-22-47(39)50(41)38-52(57)64-53-35-43(63(4,5)6)28-30-59(53)68-60-37-44(36-58(66)61(60)64)65-54-25-14-12-23-48(54)49-24-13-15-26-55(49)65/h7-30,32-38H,31H2,1-6H3. The van der Waals surface area contributed by atoms with Crippen LogP contribution >= 0.6 is 23.5 Å². The largest absolute Gasteiger partial charge is 0.311 e. The molecule has 328 valence electrons. The fourth-order valence-corrected chi connectivity index (χ4v) is 13.3. The average Bonchev–Trinajstić information content (AvgIpc) is 3.88. The lowest BCUT2D eigenvalue weighted by atomic mass is 9.34. The highest BCUT2D eigenvalue weighted by Crippen LogP contribution is 2.50. The monoisotopic (exact) mass is 910 g/mol. The predicted molar refractivity (Wildman–Crippen MR) is 292 cm³/mol. The van der Waals surface area contributed by atoms with E-state index >= 15 is 0 Å². The quantitative estimate of drug-likeness (QED) is 0.159. The molecule has 0 atom stereocenters. The Labute approximate surface area is 409 Å². The fraction of sp³-hybridized carbons (Fsp3) is 0.143. The van der Waals surface area contributed by atoms with Crippen LogP contribution in [-0.4, -0.2) is 11.3 Å². The molecular weight excluding hydrogens is 860 g/mol. The molecule has 1 aliphatic carbocycles. The molecule has 2 nitrogen and oxygen atoms in total. The minimum Gasteiger partial charge on any atom is -0.311 e. The first kappa shape index (κ1) is 41.5. The van der Waals surface area contributed by atoms with Crippen LogP contribution in [0.2, 0.25) is 0 Å². The lowest BCUT2D eigenvalue weighted by molar-refractivity contribution is 0.590. The molecule has 0 spiro atoms. The third kappa shape index (κ3) is 6.65. The number of rotatable bonds is 5.